The van der Waals surface area contributed by atoms with Crippen LogP contribution in [0, 0.1) is 13.8 Å². The van der Waals surface area contributed by atoms with E-state index >= 15 is 0 Å². The van der Waals surface area contributed by atoms with E-state index in [0.29, 0.717) is 24.2 Å². The van der Waals surface area contributed by atoms with Crippen molar-refractivity contribution in [3.05, 3.63) is 142 Å². The number of carbonyl (C=O) groups is 4. The summed E-state index contributed by atoms with van der Waals surface area (Å²) in [6.07, 6.45) is 6.51. The molecule has 224 valence electrons. The lowest BCUT2D eigenvalue weighted by atomic mass is 9.81. The Bertz CT molecular complexity index is 1780. The van der Waals surface area contributed by atoms with Gasteiger partial charge in [0.1, 0.15) is 0 Å². The van der Waals surface area contributed by atoms with Crippen molar-refractivity contribution in [1.82, 2.24) is 0 Å². The molecule has 0 radical (unpaired) electrons. The lowest BCUT2D eigenvalue weighted by Crippen LogP contribution is -2.31. The Morgan fingerprint density at radius 1 is 0.511 bits per heavy atom. The second kappa shape index (κ2) is 12.0. The van der Waals surface area contributed by atoms with Crippen LogP contribution in [0.15, 0.2) is 103 Å². The molecule has 0 bridgehead atoms. The molecule has 2 aliphatic heterocycles. The van der Waals surface area contributed by atoms with Crippen LogP contribution in [0.1, 0.15) is 58.7 Å². The first kappa shape index (κ1) is 29.7. The first-order valence-corrected chi connectivity index (χ1v) is 15.3. The highest BCUT2D eigenvalue weighted by atomic mass is 16.2. The molecule has 4 amide bonds. The van der Waals surface area contributed by atoms with Crippen LogP contribution in [0.25, 0.3) is 11.1 Å². The van der Waals surface area contributed by atoms with E-state index in [4.69, 9.17) is 0 Å². The smallest absolute Gasteiger partial charge is 0.258 e. The van der Waals surface area contributed by atoms with Gasteiger partial charge in [0.2, 0.25) is 0 Å². The Kier molecular flexibility index (Phi) is 7.90. The number of nitrogens with zero attached hydrogens (tertiary/aromatic N) is 2. The van der Waals surface area contributed by atoms with Gasteiger partial charge in [-0.25, -0.2) is 9.80 Å². The second-order valence-electron chi connectivity index (χ2n) is 11.5. The number of benzene rings is 4. The summed E-state index contributed by atoms with van der Waals surface area (Å²) in [5.41, 5.74) is 10.1. The molecule has 0 fully saturated rings. The van der Waals surface area contributed by atoms with Crippen LogP contribution in [0.5, 0.6) is 0 Å². The SMILES string of the molecule is CCc1cc(C(c2ccc(-c3ccccc3)cc2)c2cc(C)c(N3C(=O)C=CC3=O)c(CC)c2)cc(C)c1N1C(=O)C=CC1=O. The number of anilines is 2. The van der Waals surface area contributed by atoms with Crippen molar-refractivity contribution in [2.24, 2.45) is 0 Å². The van der Waals surface area contributed by atoms with Gasteiger partial charge in [0.15, 0.2) is 0 Å². The Balaban J connectivity index is 1.52. The Hall–Kier alpha value is -5.36. The van der Waals surface area contributed by atoms with Crippen LogP contribution in [-0.2, 0) is 32.0 Å². The third-order valence-electron chi connectivity index (χ3n) is 8.65. The first-order valence-electron chi connectivity index (χ1n) is 15.3. The molecule has 0 saturated carbocycles. The molecule has 0 saturated heterocycles. The molecule has 0 aliphatic carbocycles. The van der Waals surface area contributed by atoms with Crippen LogP contribution in [0.3, 0.4) is 0 Å². The highest BCUT2D eigenvalue weighted by Crippen LogP contribution is 2.41. The predicted molar refractivity (Wildman–Crippen MR) is 177 cm³/mol. The zero-order chi connectivity index (χ0) is 31.8. The number of rotatable bonds is 8. The van der Waals surface area contributed by atoms with Gasteiger partial charge in [-0.15, -0.1) is 0 Å². The van der Waals surface area contributed by atoms with Crippen LogP contribution in [-0.4, -0.2) is 23.6 Å². The normalized spacial score (nSPS) is 14.5. The topological polar surface area (TPSA) is 74.8 Å². The minimum absolute atomic E-state index is 0.197. The first-order chi connectivity index (χ1) is 21.7. The molecule has 0 spiro atoms. The van der Waals surface area contributed by atoms with Gasteiger partial charge in [-0.1, -0.05) is 92.7 Å². The van der Waals surface area contributed by atoms with E-state index < -0.39 is 0 Å². The minimum Gasteiger partial charge on any atom is -0.269 e. The Morgan fingerprint density at radius 2 is 0.911 bits per heavy atom. The molecule has 0 aromatic heterocycles. The summed E-state index contributed by atoms with van der Waals surface area (Å²) in [6.45, 7) is 7.93. The van der Waals surface area contributed by atoms with Gasteiger partial charge in [-0.3, -0.25) is 19.2 Å². The molecule has 2 heterocycles. The van der Waals surface area contributed by atoms with Gasteiger partial charge >= 0.3 is 0 Å². The third kappa shape index (κ3) is 5.33. The van der Waals surface area contributed by atoms with E-state index in [1.807, 2.05) is 45.9 Å². The highest BCUT2D eigenvalue weighted by molar-refractivity contribution is 6.29. The zero-order valence-corrected chi connectivity index (χ0v) is 25.8. The standard InChI is InChI=1S/C39H34N2O4/c1-5-26-22-31(20-24(3)38(26)40-33(42)16-17-34(40)43)37(30-14-12-29(13-15-30)28-10-8-7-9-11-28)32-21-25(4)39(27(6-2)23-32)41-35(44)18-19-36(41)45/h7-23,37H,5-6H2,1-4H3. The van der Waals surface area contributed by atoms with E-state index in [0.717, 1.165) is 50.1 Å². The fraction of sp³-hybridized carbons (Fsp3) is 0.179. The van der Waals surface area contributed by atoms with Gasteiger partial charge < -0.3 is 0 Å². The van der Waals surface area contributed by atoms with E-state index in [1.165, 1.54) is 34.1 Å². The molecule has 4 aromatic rings. The molecule has 4 aromatic carbocycles. The molecule has 0 N–H and O–H groups in total. The van der Waals surface area contributed by atoms with Crippen molar-refractivity contribution in [1.29, 1.82) is 0 Å². The lowest BCUT2D eigenvalue weighted by Gasteiger charge is -2.27. The minimum atomic E-state index is -0.335. The Morgan fingerprint density at radius 3 is 1.31 bits per heavy atom. The molecule has 6 rings (SSSR count). The predicted octanol–water partition coefficient (Wildman–Crippen LogP) is 7.13. The van der Waals surface area contributed by atoms with Crippen molar-refractivity contribution >= 4 is 35.0 Å². The number of carbonyl (C=O) groups excluding carboxylic acids is 4. The van der Waals surface area contributed by atoms with Crippen LogP contribution in [0.2, 0.25) is 0 Å². The summed E-state index contributed by atoms with van der Waals surface area (Å²) >= 11 is 0. The Labute approximate surface area is 263 Å². The fourth-order valence-corrected chi connectivity index (χ4v) is 6.60. The van der Waals surface area contributed by atoms with Crippen LogP contribution < -0.4 is 9.80 Å². The monoisotopic (exact) mass is 594 g/mol. The average Bonchev–Trinajstić information content (AvgIpc) is 3.55. The maximum Gasteiger partial charge on any atom is 0.258 e. The lowest BCUT2D eigenvalue weighted by molar-refractivity contribution is -0.121. The van der Waals surface area contributed by atoms with Gasteiger partial charge in [0.25, 0.3) is 23.6 Å². The summed E-state index contributed by atoms with van der Waals surface area (Å²) in [6, 6.07) is 27.1. The van der Waals surface area contributed by atoms with E-state index in [1.54, 1.807) is 0 Å². The van der Waals surface area contributed by atoms with Crippen molar-refractivity contribution in [2.75, 3.05) is 9.80 Å². The maximum absolute atomic E-state index is 12.7. The number of hydrogen-bond acceptors (Lipinski definition) is 4. The van der Waals surface area contributed by atoms with Crippen molar-refractivity contribution in [3.8, 4) is 11.1 Å². The molecule has 2 aliphatic rings. The number of amides is 4. The van der Waals surface area contributed by atoms with Crippen molar-refractivity contribution < 1.29 is 19.2 Å². The summed E-state index contributed by atoms with van der Waals surface area (Å²) in [7, 11) is 0. The third-order valence-corrected chi connectivity index (χ3v) is 8.65. The summed E-state index contributed by atoms with van der Waals surface area (Å²) < 4.78 is 0. The van der Waals surface area contributed by atoms with E-state index in [-0.39, 0.29) is 29.5 Å². The van der Waals surface area contributed by atoms with Crippen molar-refractivity contribution in [3.63, 3.8) is 0 Å². The quantitative estimate of drug-likeness (QED) is 0.161. The maximum atomic E-state index is 12.7. The molecular weight excluding hydrogens is 560 g/mol. The zero-order valence-electron chi connectivity index (χ0n) is 25.8. The molecule has 6 nitrogen and oxygen atoms in total. The summed E-state index contributed by atoms with van der Waals surface area (Å²) in [5.74, 6) is -1.54. The summed E-state index contributed by atoms with van der Waals surface area (Å²) in [5, 5.41) is 0. The fourth-order valence-electron chi connectivity index (χ4n) is 6.60. The van der Waals surface area contributed by atoms with Gasteiger partial charge in [-0.2, -0.15) is 0 Å². The largest absolute Gasteiger partial charge is 0.269 e. The molecular formula is C39H34N2O4. The van der Waals surface area contributed by atoms with Crippen LogP contribution in [0.4, 0.5) is 11.4 Å². The average molecular weight is 595 g/mol. The second-order valence-corrected chi connectivity index (χ2v) is 11.5. The van der Waals surface area contributed by atoms with Gasteiger partial charge in [-0.05, 0) is 76.8 Å². The van der Waals surface area contributed by atoms with E-state index in [9.17, 15) is 19.2 Å². The molecule has 0 unspecified atom stereocenters. The van der Waals surface area contributed by atoms with Gasteiger partial charge in [0.05, 0.1) is 11.4 Å². The number of imide groups is 2. The van der Waals surface area contributed by atoms with E-state index in [2.05, 4.69) is 60.7 Å². The number of aryl methyl sites for hydroxylation is 4. The van der Waals surface area contributed by atoms with Crippen molar-refractivity contribution in [2.45, 2.75) is 46.5 Å². The van der Waals surface area contributed by atoms with Crippen LogP contribution >= 0.6 is 0 Å². The molecule has 0 atom stereocenters. The van der Waals surface area contributed by atoms with Gasteiger partial charge in [0, 0.05) is 30.2 Å². The highest BCUT2D eigenvalue weighted by Gasteiger charge is 2.32. The molecule has 6 heteroatoms. The summed E-state index contributed by atoms with van der Waals surface area (Å²) in [4.78, 5) is 53.2. The molecule has 45 heavy (non-hydrogen) atoms. The number of hydrogen-bond donors (Lipinski definition) is 0.